The van der Waals surface area contributed by atoms with Gasteiger partial charge in [0.25, 0.3) is 0 Å². The summed E-state index contributed by atoms with van der Waals surface area (Å²) in [7, 11) is 1.64. The van der Waals surface area contributed by atoms with Crippen LogP contribution in [-0.2, 0) is 11.2 Å². The second-order valence-electron chi connectivity index (χ2n) is 4.83. The monoisotopic (exact) mass is 332 g/mol. The molecular weight excluding hydrogens is 316 g/mol. The van der Waals surface area contributed by atoms with Crippen LogP contribution in [0.1, 0.15) is 17.7 Å². The summed E-state index contributed by atoms with van der Waals surface area (Å²) >= 11 is 3.20. The number of thiazole rings is 1. The maximum atomic E-state index is 12.0. The third-order valence-electron chi connectivity index (χ3n) is 3.25. The molecular formula is C16H16N2O2S2. The molecule has 0 aliphatic rings. The van der Waals surface area contributed by atoms with Crippen molar-refractivity contribution in [3.63, 3.8) is 0 Å². The van der Waals surface area contributed by atoms with E-state index in [1.807, 2.05) is 24.3 Å². The number of methoxy groups -OCH3 is 1. The number of nitrogens with one attached hydrogen (secondary N) is 1. The Kier molecular flexibility index (Phi) is 4.70. The van der Waals surface area contributed by atoms with E-state index < -0.39 is 0 Å². The minimum Gasteiger partial charge on any atom is -0.497 e. The van der Waals surface area contributed by atoms with Crippen LogP contribution in [0.15, 0.2) is 35.7 Å². The number of nitrogens with zero attached hydrogens (tertiary/aromatic N) is 1. The minimum absolute atomic E-state index is 0.0163. The highest BCUT2D eigenvalue weighted by atomic mass is 32.1. The first-order chi connectivity index (χ1) is 10.7. The maximum Gasteiger partial charge on any atom is 0.226 e. The number of carbonyl (C=O) groups excluding carboxylic acids is 1. The van der Waals surface area contributed by atoms with Crippen molar-refractivity contribution >= 4 is 43.9 Å². The van der Waals surface area contributed by atoms with Gasteiger partial charge < -0.3 is 10.1 Å². The number of hydrogen-bond donors (Lipinski definition) is 1. The van der Waals surface area contributed by atoms with Crippen LogP contribution in [0.2, 0.25) is 0 Å². The van der Waals surface area contributed by atoms with Gasteiger partial charge in [-0.1, -0.05) is 17.4 Å². The molecule has 0 atom stereocenters. The highest BCUT2D eigenvalue weighted by Crippen LogP contribution is 2.29. The number of thiophene rings is 1. The molecule has 0 radical (unpaired) electrons. The average Bonchev–Trinajstić information content (AvgIpc) is 3.15. The fourth-order valence-electron chi connectivity index (χ4n) is 2.15. The third kappa shape index (κ3) is 3.64. The minimum atomic E-state index is 0.0163. The molecule has 3 aromatic rings. The lowest BCUT2D eigenvalue weighted by molar-refractivity contribution is -0.116. The van der Waals surface area contributed by atoms with Crippen LogP contribution in [0.25, 0.3) is 10.2 Å². The van der Waals surface area contributed by atoms with Crippen molar-refractivity contribution in [1.82, 2.24) is 4.98 Å². The van der Waals surface area contributed by atoms with Gasteiger partial charge in [-0.15, -0.1) is 11.3 Å². The average molecular weight is 332 g/mol. The van der Waals surface area contributed by atoms with Crippen molar-refractivity contribution in [1.29, 1.82) is 0 Å². The van der Waals surface area contributed by atoms with Gasteiger partial charge in [0.1, 0.15) is 5.75 Å². The molecule has 114 valence electrons. The van der Waals surface area contributed by atoms with Crippen LogP contribution < -0.4 is 10.1 Å². The standard InChI is InChI=1S/C16H16N2O2S2/c1-20-11-7-8-13-14(10-11)22-16(17-13)18-15(19)6-2-4-12-5-3-9-21-12/h3,5,7-10H,2,4,6H2,1H3,(H,17,18,19). The van der Waals surface area contributed by atoms with Gasteiger partial charge in [-0.05, 0) is 42.5 Å². The van der Waals surface area contributed by atoms with Crippen LogP contribution >= 0.6 is 22.7 Å². The summed E-state index contributed by atoms with van der Waals surface area (Å²) in [5, 5.41) is 5.58. The first-order valence-electron chi connectivity index (χ1n) is 7.01. The zero-order valence-corrected chi connectivity index (χ0v) is 13.8. The van der Waals surface area contributed by atoms with E-state index in [4.69, 9.17) is 4.74 Å². The number of hydrogen-bond acceptors (Lipinski definition) is 5. The SMILES string of the molecule is COc1ccc2nc(NC(=O)CCCc3cccs3)sc2c1. The molecule has 3 rings (SSSR count). The zero-order chi connectivity index (χ0) is 15.4. The molecule has 1 N–H and O–H groups in total. The molecule has 0 unspecified atom stereocenters. The van der Waals surface area contributed by atoms with Gasteiger partial charge in [-0.3, -0.25) is 4.79 Å². The van der Waals surface area contributed by atoms with Crippen molar-refractivity contribution in [3.8, 4) is 5.75 Å². The molecule has 0 aliphatic heterocycles. The Bertz CT molecular complexity index is 766. The molecule has 4 nitrogen and oxygen atoms in total. The van der Waals surface area contributed by atoms with Gasteiger partial charge in [-0.2, -0.15) is 0 Å². The summed E-state index contributed by atoms with van der Waals surface area (Å²) in [6.07, 6.45) is 2.31. The smallest absolute Gasteiger partial charge is 0.226 e. The van der Waals surface area contributed by atoms with Crippen molar-refractivity contribution < 1.29 is 9.53 Å². The molecule has 0 saturated carbocycles. The quantitative estimate of drug-likeness (QED) is 0.731. The molecule has 0 fully saturated rings. The van der Waals surface area contributed by atoms with E-state index in [0.717, 1.165) is 28.8 Å². The van der Waals surface area contributed by atoms with E-state index in [0.29, 0.717) is 11.6 Å². The van der Waals surface area contributed by atoms with Crippen LogP contribution in [0.4, 0.5) is 5.13 Å². The molecule has 6 heteroatoms. The Morgan fingerprint density at radius 3 is 3.05 bits per heavy atom. The zero-order valence-electron chi connectivity index (χ0n) is 12.2. The Morgan fingerprint density at radius 1 is 1.36 bits per heavy atom. The van der Waals surface area contributed by atoms with Crippen molar-refractivity contribution in [2.75, 3.05) is 12.4 Å². The number of ether oxygens (including phenoxy) is 1. The summed E-state index contributed by atoms with van der Waals surface area (Å²) in [6, 6.07) is 9.84. The van der Waals surface area contributed by atoms with E-state index >= 15 is 0 Å². The summed E-state index contributed by atoms with van der Waals surface area (Å²) < 4.78 is 6.20. The molecule has 22 heavy (non-hydrogen) atoms. The predicted octanol–water partition coefficient (Wildman–Crippen LogP) is 4.33. The fraction of sp³-hybridized carbons (Fsp3) is 0.250. The first-order valence-corrected chi connectivity index (χ1v) is 8.71. The fourth-order valence-corrected chi connectivity index (χ4v) is 3.81. The summed E-state index contributed by atoms with van der Waals surface area (Å²) in [5.41, 5.74) is 0.875. The first kappa shape index (κ1) is 15.0. The van der Waals surface area contributed by atoms with Gasteiger partial charge in [0.15, 0.2) is 5.13 Å². The van der Waals surface area contributed by atoms with E-state index in [-0.39, 0.29) is 5.91 Å². The van der Waals surface area contributed by atoms with Gasteiger partial charge in [-0.25, -0.2) is 4.98 Å². The molecule has 0 bridgehead atoms. The number of amides is 1. The number of benzene rings is 1. The lowest BCUT2D eigenvalue weighted by Gasteiger charge is -2.00. The van der Waals surface area contributed by atoms with Gasteiger partial charge in [0, 0.05) is 11.3 Å². The highest BCUT2D eigenvalue weighted by molar-refractivity contribution is 7.22. The van der Waals surface area contributed by atoms with Gasteiger partial charge >= 0.3 is 0 Å². The second-order valence-corrected chi connectivity index (χ2v) is 6.90. The lowest BCUT2D eigenvalue weighted by Crippen LogP contribution is -2.11. The molecule has 1 aromatic carbocycles. The molecule has 0 spiro atoms. The number of carbonyl (C=O) groups is 1. The van der Waals surface area contributed by atoms with Crippen LogP contribution in [-0.4, -0.2) is 18.0 Å². The Balaban J connectivity index is 1.56. The lowest BCUT2D eigenvalue weighted by atomic mass is 10.2. The summed E-state index contributed by atoms with van der Waals surface area (Å²) in [4.78, 5) is 17.7. The largest absolute Gasteiger partial charge is 0.497 e. The maximum absolute atomic E-state index is 12.0. The van der Waals surface area contributed by atoms with Crippen LogP contribution in [0, 0.1) is 0 Å². The van der Waals surface area contributed by atoms with E-state index in [1.165, 1.54) is 16.2 Å². The Hall–Kier alpha value is -1.92. The number of aryl methyl sites for hydroxylation is 1. The number of fused-ring (bicyclic) bond motifs is 1. The topological polar surface area (TPSA) is 51.2 Å². The Morgan fingerprint density at radius 2 is 2.27 bits per heavy atom. The van der Waals surface area contributed by atoms with E-state index in [2.05, 4.69) is 21.7 Å². The van der Waals surface area contributed by atoms with Crippen LogP contribution in [0.3, 0.4) is 0 Å². The van der Waals surface area contributed by atoms with Gasteiger partial charge in [0.2, 0.25) is 5.91 Å². The van der Waals surface area contributed by atoms with Crippen molar-refractivity contribution in [2.24, 2.45) is 0 Å². The van der Waals surface area contributed by atoms with Crippen LogP contribution in [0.5, 0.6) is 5.75 Å². The normalized spacial score (nSPS) is 10.8. The molecule has 2 aromatic heterocycles. The molecule has 1 amide bonds. The van der Waals surface area contributed by atoms with Gasteiger partial charge in [0.05, 0.1) is 17.3 Å². The number of rotatable bonds is 6. The predicted molar refractivity (Wildman–Crippen MR) is 92.1 cm³/mol. The van der Waals surface area contributed by atoms with E-state index in [9.17, 15) is 4.79 Å². The number of anilines is 1. The summed E-state index contributed by atoms with van der Waals surface area (Å²) in [5.74, 6) is 0.813. The van der Waals surface area contributed by atoms with Crippen molar-refractivity contribution in [2.45, 2.75) is 19.3 Å². The molecule has 0 saturated heterocycles. The Labute approximate surface area is 136 Å². The van der Waals surface area contributed by atoms with E-state index in [1.54, 1.807) is 18.4 Å². The second kappa shape index (κ2) is 6.89. The number of aromatic nitrogens is 1. The highest BCUT2D eigenvalue weighted by Gasteiger charge is 2.08. The summed E-state index contributed by atoms with van der Waals surface area (Å²) in [6.45, 7) is 0. The molecule has 0 aliphatic carbocycles. The van der Waals surface area contributed by atoms with Crippen molar-refractivity contribution in [3.05, 3.63) is 40.6 Å². The molecule has 2 heterocycles. The third-order valence-corrected chi connectivity index (χ3v) is 5.12.